The van der Waals surface area contributed by atoms with Crippen molar-refractivity contribution in [3.05, 3.63) is 0 Å². The topological polar surface area (TPSA) is 76.1 Å². The van der Waals surface area contributed by atoms with Gasteiger partial charge in [0.15, 0.2) is 0 Å². The van der Waals surface area contributed by atoms with Gasteiger partial charge >= 0.3 is 5.97 Å². The molecule has 6 heteroatoms. The Labute approximate surface area is 113 Å². The molecule has 1 saturated heterocycles. The molecule has 19 heavy (non-hydrogen) atoms. The number of nitrogens with zero attached hydrogens (tertiary/aromatic N) is 1. The van der Waals surface area contributed by atoms with E-state index in [1.165, 1.54) is 0 Å². The summed E-state index contributed by atoms with van der Waals surface area (Å²) in [7, 11) is 1.68. The zero-order valence-corrected chi connectivity index (χ0v) is 11.5. The van der Waals surface area contributed by atoms with Gasteiger partial charge in [0.05, 0.1) is 25.7 Å². The highest BCUT2D eigenvalue weighted by Gasteiger charge is 2.15. The first-order chi connectivity index (χ1) is 9.09. The number of carboxylic acids is 1. The van der Waals surface area contributed by atoms with Crippen LogP contribution in [0.25, 0.3) is 0 Å². The minimum absolute atomic E-state index is 0.0160. The van der Waals surface area contributed by atoms with Crippen molar-refractivity contribution in [3.8, 4) is 0 Å². The molecule has 1 rings (SSSR count). The Morgan fingerprint density at radius 3 is 2.84 bits per heavy atom. The molecule has 1 aliphatic rings. The van der Waals surface area contributed by atoms with Crippen molar-refractivity contribution in [3.63, 3.8) is 0 Å². The SMILES string of the molecule is CN(CCCC(=O)O)C(=O)CCOCC1CCCO1. The number of ether oxygens (including phenoxy) is 2. The van der Waals surface area contributed by atoms with Crippen LogP contribution in [-0.4, -0.2) is 61.4 Å². The number of hydrogen-bond acceptors (Lipinski definition) is 4. The van der Waals surface area contributed by atoms with Gasteiger partial charge in [-0.3, -0.25) is 9.59 Å². The van der Waals surface area contributed by atoms with E-state index in [0.29, 0.717) is 32.6 Å². The molecule has 0 saturated carbocycles. The summed E-state index contributed by atoms with van der Waals surface area (Å²) in [6.07, 6.45) is 3.20. The van der Waals surface area contributed by atoms with Crippen molar-refractivity contribution < 1.29 is 24.2 Å². The van der Waals surface area contributed by atoms with Crippen LogP contribution >= 0.6 is 0 Å². The lowest BCUT2D eigenvalue weighted by atomic mass is 10.2. The van der Waals surface area contributed by atoms with Gasteiger partial charge < -0.3 is 19.5 Å². The second-order valence-corrected chi connectivity index (χ2v) is 4.77. The van der Waals surface area contributed by atoms with E-state index < -0.39 is 5.97 Å². The normalized spacial score (nSPS) is 18.5. The first kappa shape index (κ1) is 15.9. The van der Waals surface area contributed by atoms with E-state index in [9.17, 15) is 9.59 Å². The summed E-state index contributed by atoms with van der Waals surface area (Å²) in [6.45, 7) is 2.22. The summed E-state index contributed by atoms with van der Waals surface area (Å²) in [5.74, 6) is -0.849. The number of aliphatic carboxylic acids is 1. The van der Waals surface area contributed by atoms with Crippen molar-refractivity contribution >= 4 is 11.9 Å². The maximum absolute atomic E-state index is 11.7. The van der Waals surface area contributed by atoms with Gasteiger partial charge in [-0.05, 0) is 19.3 Å². The Morgan fingerprint density at radius 1 is 1.42 bits per heavy atom. The lowest BCUT2D eigenvalue weighted by molar-refractivity contribution is -0.138. The van der Waals surface area contributed by atoms with E-state index in [-0.39, 0.29) is 18.4 Å². The van der Waals surface area contributed by atoms with Crippen LogP contribution in [0.1, 0.15) is 32.1 Å². The zero-order chi connectivity index (χ0) is 14.1. The molecule has 0 bridgehead atoms. The fourth-order valence-corrected chi connectivity index (χ4v) is 1.93. The van der Waals surface area contributed by atoms with Gasteiger partial charge in [-0.15, -0.1) is 0 Å². The van der Waals surface area contributed by atoms with Crippen LogP contribution in [0.4, 0.5) is 0 Å². The quantitative estimate of drug-likeness (QED) is 0.631. The Kier molecular flexibility index (Phi) is 7.43. The first-order valence-corrected chi connectivity index (χ1v) is 6.74. The maximum Gasteiger partial charge on any atom is 0.303 e. The Balaban J connectivity index is 2.00. The molecular weight excluding hydrogens is 250 g/mol. The second kappa shape index (κ2) is 8.87. The van der Waals surface area contributed by atoms with Gasteiger partial charge in [-0.25, -0.2) is 0 Å². The molecule has 1 N–H and O–H groups in total. The molecule has 1 aliphatic heterocycles. The number of carboxylic acid groups (broad SMARTS) is 1. The van der Waals surface area contributed by atoms with Gasteiger partial charge in [-0.1, -0.05) is 0 Å². The van der Waals surface area contributed by atoms with Crippen LogP contribution in [0.3, 0.4) is 0 Å². The molecule has 6 nitrogen and oxygen atoms in total. The number of carbonyl (C=O) groups is 2. The van der Waals surface area contributed by atoms with Crippen molar-refractivity contribution in [1.29, 1.82) is 0 Å². The van der Waals surface area contributed by atoms with E-state index in [1.54, 1.807) is 11.9 Å². The van der Waals surface area contributed by atoms with Crippen LogP contribution in [0.2, 0.25) is 0 Å². The summed E-state index contributed by atoms with van der Waals surface area (Å²) in [4.78, 5) is 23.6. The van der Waals surface area contributed by atoms with Crippen LogP contribution in [-0.2, 0) is 19.1 Å². The molecule has 0 aromatic rings. The molecule has 1 fully saturated rings. The molecule has 0 aromatic heterocycles. The fourth-order valence-electron chi connectivity index (χ4n) is 1.93. The minimum atomic E-state index is -0.833. The molecule has 0 aromatic carbocycles. The average Bonchev–Trinajstić information content (AvgIpc) is 2.86. The van der Waals surface area contributed by atoms with Crippen LogP contribution in [0.5, 0.6) is 0 Å². The highest BCUT2D eigenvalue weighted by atomic mass is 16.5. The predicted octanol–water partition coefficient (Wildman–Crippen LogP) is 0.895. The molecule has 0 aliphatic carbocycles. The molecule has 110 valence electrons. The lowest BCUT2D eigenvalue weighted by Crippen LogP contribution is -2.29. The van der Waals surface area contributed by atoms with Gasteiger partial charge in [0.1, 0.15) is 0 Å². The van der Waals surface area contributed by atoms with E-state index in [4.69, 9.17) is 14.6 Å². The summed E-state index contributed by atoms with van der Waals surface area (Å²) < 4.78 is 10.8. The van der Waals surface area contributed by atoms with E-state index in [1.807, 2.05) is 0 Å². The van der Waals surface area contributed by atoms with Gasteiger partial charge in [0.25, 0.3) is 0 Å². The van der Waals surface area contributed by atoms with Gasteiger partial charge in [0.2, 0.25) is 5.91 Å². The second-order valence-electron chi connectivity index (χ2n) is 4.77. The fraction of sp³-hybridized carbons (Fsp3) is 0.846. The average molecular weight is 273 g/mol. The van der Waals surface area contributed by atoms with E-state index in [2.05, 4.69) is 0 Å². The van der Waals surface area contributed by atoms with Crippen LogP contribution in [0, 0.1) is 0 Å². The third kappa shape index (κ3) is 7.12. The Bertz CT molecular complexity index is 289. The molecular formula is C13H23NO5. The minimum Gasteiger partial charge on any atom is -0.481 e. The highest BCUT2D eigenvalue weighted by Crippen LogP contribution is 2.11. The zero-order valence-electron chi connectivity index (χ0n) is 11.5. The number of carbonyl (C=O) groups excluding carboxylic acids is 1. The van der Waals surface area contributed by atoms with Crippen molar-refractivity contribution in [2.24, 2.45) is 0 Å². The largest absolute Gasteiger partial charge is 0.481 e. The van der Waals surface area contributed by atoms with Crippen LogP contribution in [0.15, 0.2) is 0 Å². The number of amides is 1. The van der Waals surface area contributed by atoms with E-state index >= 15 is 0 Å². The van der Waals surface area contributed by atoms with Crippen molar-refractivity contribution in [2.75, 3.05) is 33.4 Å². The van der Waals surface area contributed by atoms with Gasteiger partial charge in [0, 0.05) is 26.6 Å². The van der Waals surface area contributed by atoms with Gasteiger partial charge in [-0.2, -0.15) is 0 Å². The Hall–Kier alpha value is -1.14. The lowest BCUT2D eigenvalue weighted by Gasteiger charge is -2.17. The summed E-state index contributed by atoms with van der Waals surface area (Å²) >= 11 is 0. The standard InChI is InChI=1S/C13H23NO5/c1-14(7-2-5-13(16)17)12(15)6-9-18-10-11-4-3-8-19-11/h11H,2-10H2,1H3,(H,16,17). The molecule has 0 radical (unpaired) electrons. The molecule has 1 atom stereocenters. The smallest absolute Gasteiger partial charge is 0.303 e. The van der Waals surface area contributed by atoms with Crippen LogP contribution < -0.4 is 0 Å². The number of rotatable bonds is 9. The van der Waals surface area contributed by atoms with Crippen molar-refractivity contribution in [2.45, 2.75) is 38.2 Å². The molecule has 1 heterocycles. The predicted molar refractivity (Wildman–Crippen MR) is 68.9 cm³/mol. The van der Waals surface area contributed by atoms with Crippen molar-refractivity contribution in [1.82, 2.24) is 4.90 Å². The summed E-state index contributed by atoms with van der Waals surface area (Å²) in [5, 5.41) is 8.51. The summed E-state index contributed by atoms with van der Waals surface area (Å²) in [6, 6.07) is 0. The Morgan fingerprint density at radius 2 is 2.21 bits per heavy atom. The third-order valence-electron chi connectivity index (χ3n) is 3.10. The molecule has 1 unspecified atom stereocenters. The highest BCUT2D eigenvalue weighted by molar-refractivity contribution is 5.76. The molecule has 1 amide bonds. The van der Waals surface area contributed by atoms with E-state index in [0.717, 1.165) is 19.4 Å². The number of hydrogen-bond donors (Lipinski definition) is 1. The monoisotopic (exact) mass is 273 g/mol. The first-order valence-electron chi connectivity index (χ1n) is 6.74. The maximum atomic E-state index is 11.7. The molecule has 0 spiro atoms. The third-order valence-corrected chi connectivity index (χ3v) is 3.10. The summed E-state index contributed by atoms with van der Waals surface area (Å²) in [5.41, 5.74) is 0.